The summed E-state index contributed by atoms with van der Waals surface area (Å²) >= 11 is 0. The van der Waals surface area contributed by atoms with Crippen LogP contribution in [-0.2, 0) is 0 Å². The molecule has 0 saturated carbocycles. The fraction of sp³-hybridized carbons (Fsp3) is 0.714. The first-order valence-corrected chi connectivity index (χ1v) is 6.30. The molecule has 0 nitrogen and oxygen atoms in total. The Morgan fingerprint density at radius 2 is 0.643 bits per heavy atom. The molecule has 1 rings (SSSR count). The zero-order chi connectivity index (χ0) is 9.90. The highest BCUT2D eigenvalue weighted by Crippen LogP contribution is 2.09. The molecule has 0 spiro atoms. The van der Waals surface area contributed by atoms with E-state index in [4.69, 9.17) is 0 Å². The molecule has 0 heterocycles. The average Bonchev–Trinajstić information content (AvgIpc) is 2.22. The van der Waals surface area contributed by atoms with Gasteiger partial charge in [-0.1, -0.05) is 37.1 Å². The van der Waals surface area contributed by atoms with Gasteiger partial charge in [0.05, 0.1) is 0 Å². The number of rotatable bonds is 0. The maximum absolute atomic E-state index is 2.38. The minimum absolute atomic E-state index is 1.30. The molecule has 0 heteroatoms. The summed E-state index contributed by atoms with van der Waals surface area (Å²) in [5.41, 5.74) is 0. The standard InChI is InChI=1S/C14H24/c1-2-4-6-8-10-12-14-13-11-9-7-5-3-1/h1-2,13-14H,3-12H2/b2-1+,14-13?. The van der Waals surface area contributed by atoms with Crippen molar-refractivity contribution in [3.8, 4) is 0 Å². The van der Waals surface area contributed by atoms with Crippen LogP contribution in [-0.4, -0.2) is 0 Å². The van der Waals surface area contributed by atoms with E-state index >= 15 is 0 Å². The molecule has 0 aliphatic heterocycles. The molecule has 0 bridgehead atoms. The monoisotopic (exact) mass is 192 g/mol. The molecule has 1 aliphatic carbocycles. The lowest BCUT2D eigenvalue weighted by Gasteiger charge is -1.98. The van der Waals surface area contributed by atoms with Crippen molar-refractivity contribution in [2.45, 2.75) is 64.2 Å². The lowest BCUT2D eigenvalue weighted by Crippen LogP contribution is -1.78. The summed E-state index contributed by atoms with van der Waals surface area (Å²) in [5.74, 6) is 0. The zero-order valence-corrected chi connectivity index (χ0v) is 9.38. The quantitative estimate of drug-likeness (QED) is 0.473. The van der Waals surface area contributed by atoms with Crippen LogP contribution in [0.5, 0.6) is 0 Å². The van der Waals surface area contributed by atoms with Crippen molar-refractivity contribution >= 4 is 0 Å². The molecule has 0 N–H and O–H groups in total. The van der Waals surface area contributed by atoms with E-state index in [9.17, 15) is 0 Å². The van der Waals surface area contributed by atoms with Crippen LogP contribution in [0, 0.1) is 0 Å². The van der Waals surface area contributed by atoms with Crippen molar-refractivity contribution in [2.75, 3.05) is 0 Å². The van der Waals surface area contributed by atoms with Crippen molar-refractivity contribution in [3.05, 3.63) is 24.3 Å². The third-order valence-corrected chi connectivity index (χ3v) is 2.82. The Morgan fingerprint density at radius 3 is 0.929 bits per heavy atom. The Balaban J connectivity index is 2.15. The first-order chi connectivity index (χ1) is 7.00. The fourth-order valence-electron chi connectivity index (χ4n) is 1.87. The predicted molar refractivity (Wildman–Crippen MR) is 64.5 cm³/mol. The smallest absolute Gasteiger partial charge is 0.0351 e. The van der Waals surface area contributed by atoms with Gasteiger partial charge in [0.2, 0.25) is 0 Å². The molecular formula is C14H24. The summed E-state index contributed by atoms with van der Waals surface area (Å²) in [5, 5.41) is 0. The summed E-state index contributed by atoms with van der Waals surface area (Å²) in [7, 11) is 0. The summed E-state index contributed by atoms with van der Waals surface area (Å²) in [6.07, 6.45) is 23.0. The molecule has 0 saturated heterocycles. The first kappa shape index (κ1) is 11.6. The molecule has 0 amide bonds. The molecule has 0 fully saturated rings. The van der Waals surface area contributed by atoms with Gasteiger partial charge in [0.1, 0.15) is 0 Å². The van der Waals surface area contributed by atoms with Crippen molar-refractivity contribution in [1.82, 2.24) is 0 Å². The molecule has 0 radical (unpaired) electrons. The van der Waals surface area contributed by atoms with Gasteiger partial charge in [-0.2, -0.15) is 0 Å². The molecule has 0 aromatic heterocycles. The van der Waals surface area contributed by atoms with E-state index in [1.165, 1.54) is 64.2 Å². The highest BCUT2D eigenvalue weighted by atomic mass is 14.0. The molecule has 0 aromatic rings. The number of hydrogen-bond donors (Lipinski definition) is 0. The SMILES string of the molecule is C1=CCCCCC/C=C/CCCCC1. The van der Waals surface area contributed by atoms with Crippen LogP contribution in [0.3, 0.4) is 0 Å². The Bertz CT molecular complexity index is 129. The molecule has 0 atom stereocenters. The van der Waals surface area contributed by atoms with Crippen LogP contribution in [0.1, 0.15) is 64.2 Å². The lowest BCUT2D eigenvalue weighted by atomic mass is 10.1. The normalized spacial score (nSPS) is 24.0. The summed E-state index contributed by atoms with van der Waals surface area (Å²) < 4.78 is 0. The fourth-order valence-corrected chi connectivity index (χ4v) is 1.87. The van der Waals surface area contributed by atoms with E-state index in [2.05, 4.69) is 24.3 Å². The van der Waals surface area contributed by atoms with Crippen LogP contribution in [0.25, 0.3) is 0 Å². The number of hydrogen-bond acceptors (Lipinski definition) is 0. The second kappa shape index (κ2) is 9.05. The van der Waals surface area contributed by atoms with E-state index in [1.807, 2.05) is 0 Å². The van der Waals surface area contributed by atoms with Crippen molar-refractivity contribution in [3.63, 3.8) is 0 Å². The van der Waals surface area contributed by atoms with Crippen LogP contribution in [0.2, 0.25) is 0 Å². The Morgan fingerprint density at radius 1 is 0.357 bits per heavy atom. The van der Waals surface area contributed by atoms with Crippen LogP contribution in [0.4, 0.5) is 0 Å². The molecule has 80 valence electrons. The van der Waals surface area contributed by atoms with Crippen molar-refractivity contribution < 1.29 is 0 Å². The third kappa shape index (κ3) is 6.94. The Kier molecular flexibility index (Phi) is 7.47. The highest BCUT2D eigenvalue weighted by Gasteiger charge is 1.89. The van der Waals surface area contributed by atoms with Gasteiger partial charge < -0.3 is 0 Å². The van der Waals surface area contributed by atoms with Crippen molar-refractivity contribution in [2.24, 2.45) is 0 Å². The third-order valence-electron chi connectivity index (χ3n) is 2.82. The topological polar surface area (TPSA) is 0 Å². The second-order valence-corrected chi connectivity index (χ2v) is 4.22. The molecular weight excluding hydrogens is 168 g/mol. The molecule has 0 unspecified atom stereocenters. The van der Waals surface area contributed by atoms with E-state index < -0.39 is 0 Å². The summed E-state index contributed by atoms with van der Waals surface area (Å²) in [6.45, 7) is 0. The van der Waals surface area contributed by atoms with Gasteiger partial charge in [0, 0.05) is 0 Å². The maximum Gasteiger partial charge on any atom is -0.0351 e. The maximum atomic E-state index is 2.38. The molecule has 14 heavy (non-hydrogen) atoms. The minimum atomic E-state index is 1.30. The predicted octanol–water partition coefficient (Wildman–Crippen LogP) is 5.01. The summed E-state index contributed by atoms with van der Waals surface area (Å²) in [4.78, 5) is 0. The van der Waals surface area contributed by atoms with E-state index in [1.54, 1.807) is 0 Å². The van der Waals surface area contributed by atoms with Gasteiger partial charge in [-0.3, -0.25) is 0 Å². The van der Waals surface area contributed by atoms with Gasteiger partial charge in [0.15, 0.2) is 0 Å². The molecule has 0 aromatic carbocycles. The first-order valence-electron chi connectivity index (χ1n) is 6.30. The van der Waals surface area contributed by atoms with Crippen LogP contribution in [0.15, 0.2) is 24.3 Å². The Labute approximate surface area is 89.1 Å². The van der Waals surface area contributed by atoms with Gasteiger partial charge >= 0.3 is 0 Å². The van der Waals surface area contributed by atoms with Crippen molar-refractivity contribution in [1.29, 1.82) is 0 Å². The second-order valence-electron chi connectivity index (χ2n) is 4.22. The van der Waals surface area contributed by atoms with E-state index in [-0.39, 0.29) is 0 Å². The van der Waals surface area contributed by atoms with E-state index in [0.717, 1.165) is 0 Å². The van der Waals surface area contributed by atoms with Crippen LogP contribution >= 0.6 is 0 Å². The average molecular weight is 192 g/mol. The lowest BCUT2D eigenvalue weighted by molar-refractivity contribution is 0.675. The van der Waals surface area contributed by atoms with Gasteiger partial charge in [-0.05, 0) is 51.4 Å². The molecule has 1 aliphatic rings. The largest absolute Gasteiger partial charge is 0.0885 e. The number of allylic oxidation sites excluding steroid dienone is 4. The minimum Gasteiger partial charge on any atom is -0.0885 e. The van der Waals surface area contributed by atoms with Gasteiger partial charge in [-0.15, -0.1) is 0 Å². The highest BCUT2D eigenvalue weighted by molar-refractivity contribution is 4.84. The zero-order valence-electron chi connectivity index (χ0n) is 9.38. The van der Waals surface area contributed by atoms with Gasteiger partial charge in [0.25, 0.3) is 0 Å². The van der Waals surface area contributed by atoms with Crippen LogP contribution < -0.4 is 0 Å². The summed E-state index contributed by atoms with van der Waals surface area (Å²) in [6, 6.07) is 0. The van der Waals surface area contributed by atoms with E-state index in [0.29, 0.717) is 0 Å². The Hall–Kier alpha value is -0.520. The van der Waals surface area contributed by atoms with Gasteiger partial charge in [-0.25, -0.2) is 0 Å².